The molecular weight excluding hydrogens is 335 g/mol. The van der Waals surface area contributed by atoms with Crippen LogP contribution in [0.5, 0.6) is 0 Å². The third kappa shape index (κ3) is 2.73. The molecule has 2 heterocycles. The molecule has 2 saturated heterocycles. The van der Waals surface area contributed by atoms with E-state index < -0.39 is 0 Å². The minimum absolute atomic E-state index is 0.793. The first-order valence-corrected chi connectivity index (χ1v) is 7.99. The fourth-order valence-electron chi connectivity index (χ4n) is 3.37. The Morgan fingerprint density at radius 1 is 1.11 bits per heavy atom. The Morgan fingerprint density at radius 2 is 1.83 bits per heavy atom. The number of rotatable bonds is 2. The quantitative estimate of drug-likeness (QED) is 0.752. The molecule has 1 aromatic rings. The van der Waals surface area contributed by atoms with Crippen molar-refractivity contribution in [3.8, 4) is 0 Å². The van der Waals surface area contributed by atoms with Crippen LogP contribution < -0.4 is 0 Å². The van der Waals surface area contributed by atoms with Gasteiger partial charge < -0.3 is 0 Å². The van der Waals surface area contributed by atoms with Gasteiger partial charge >= 0.3 is 0 Å². The fourth-order valence-corrected chi connectivity index (χ4v) is 3.73. The normalized spacial score (nSPS) is 29.4. The number of nitrogens with zero attached hydrogens (tertiary/aromatic N) is 2. The van der Waals surface area contributed by atoms with Crippen molar-refractivity contribution in [1.82, 2.24) is 9.80 Å². The Morgan fingerprint density at radius 3 is 2.61 bits per heavy atom. The van der Waals surface area contributed by atoms with Crippen LogP contribution in [0, 0.1) is 3.57 Å². The summed E-state index contributed by atoms with van der Waals surface area (Å²) in [6.45, 7) is 3.63. The van der Waals surface area contributed by atoms with E-state index >= 15 is 0 Å². The van der Waals surface area contributed by atoms with Gasteiger partial charge in [0.25, 0.3) is 0 Å². The highest BCUT2D eigenvalue weighted by Crippen LogP contribution is 2.29. The summed E-state index contributed by atoms with van der Waals surface area (Å²) in [6, 6.07) is 10.6. The summed E-state index contributed by atoms with van der Waals surface area (Å²) in [6.07, 6.45) is 4.15. The monoisotopic (exact) mass is 356 g/mol. The van der Waals surface area contributed by atoms with E-state index in [0.717, 1.165) is 18.6 Å². The molecular formula is C15H21IN2. The first-order valence-electron chi connectivity index (χ1n) is 6.91. The summed E-state index contributed by atoms with van der Waals surface area (Å²) >= 11 is 2.37. The van der Waals surface area contributed by atoms with Crippen molar-refractivity contribution in [2.75, 3.05) is 20.1 Å². The van der Waals surface area contributed by atoms with Crippen molar-refractivity contribution in [2.45, 2.75) is 37.9 Å². The standard InChI is InChI=1S/C15H21IN2/c1-17-14-6-7-15(17)11-18(9-8-14)10-12-2-4-13(16)5-3-12/h2-5,14-15H,6-11H2,1H3. The second-order valence-electron chi connectivity index (χ2n) is 5.70. The van der Waals surface area contributed by atoms with E-state index in [1.54, 1.807) is 0 Å². The van der Waals surface area contributed by atoms with Gasteiger partial charge in [-0.2, -0.15) is 0 Å². The molecule has 1 aromatic carbocycles. The van der Waals surface area contributed by atoms with Crippen LogP contribution in [0.25, 0.3) is 0 Å². The lowest BCUT2D eigenvalue weighted by Gasteiger charge is -2.25. The van der Waals surface area contributed by atoms with Crippen LogP contribution in [-0.2, 0) is 6.54 Å². The van der Waals surface area contributed by atoms with Crippen molar-refractivity contribution in [3.05, 3.63) is 33.4 Å². The maximum atomic E-state index is 2.64. The molecule has 0 aliphatic carbocycles. The maximum Gasteiger partial charge on any atom is 0.0234 e. The highest BCUT2D eigenvalue weighted by atomic mass is 127. The summed E-state index contributed by atoms with van der Waals surface area (Å²) in [5.74, 6) is 0. The fraction of sp³-hybridized carbons (Fsp3) is 0.600. The van der Waals surface area contributed by atoms with Crippen LogP contribution in [0.1, 0.15) is 24.8 Å². The predicted octanol–water partition coefficient (Wildman–Crippen LogP) is 2.96. The SMILES string of the molecule is CN1C2CCC1CN(Cc1ccc(I)cc1)CC2. The van der Waals surface area contributed by atoms with Gasteiger partial charge in [0.1, 0.15) is 0 Å². The van der Waals surface area contributed by atoms with Gasteiger partial charge in [-0.1, -0.05) is 12.1 Å². The number of likely N-dealkylation sites (tertiary alicyclic amines) is 1. The summed E-state index contributed by atoms with van der Waals surface area (Å²) < 4.78 is 1.33. The lowest BCUT2D eigenvalue weighted by Crippen LogP contribution is -2.36. The molecule has 0 N–H and O–H groups in total. The molecule has 98 valence electrons. The summed E-state index contributed by atoms with van der Waals surface area (Å²) in [7, 11) is 2.32. The van der Waals surface area contributed by atoms with Crippen LogP contribution >= 0.6 is 22.6 Å². The van der Waals surface area contributed by atoms with Gasteiger partial charge in [0.05, 0.1) is 0 Å². The zero-order valence-corrected chi connectivity index (χ0v) is 13.1. The van der Waals surface area contributed by atoms with E-state index in [4.69, 9.17) is 0 Å². The predicted molar refractivity (Wildman–Crippen MR) is 83.6 cm³/mol. The number of hydrogen-bond donors (Lipinski definition) is 0. The molecule has 0 aromatic heterocycles. The van der Waals surface area contributed by atoms with E-state index in [2.05, 4.69) is 63.7 Å². The largest absolute Gasteiger partial charge is 0.299 e. The lowest BCUT2D eigenvalue weighted by molar-refractivity contribution is 0.214. The average Bonchev–Trinajstić information content (AvgIpc) is 2.60. The molecule has 0 radical (unpaired) electrons. The maximum absolute atomic E-state index is 2.64. The molecule has 3 rings (SSSR count). The van der Waals surface area contributed by atoms with E-state index in [-0.39, 0.29) is 0 Å². The van der Waals surface area contributed by atoms with Crippen molar-refractivity contribution in [3.63, 3.8) is 0 Å². The minimum Gasteiger partial charge on any atom is -0.299 e. The Bertz CT molecular complexity index is 403. The van der Waals surface area contributed by atoms with E-state index in [1.165, 1.54) is 41.5 Å². The number of halogens is 1. The molecule has 18 heavy (non-hydrogen) atoms. The van der Waals surface area contributed by atoms with Crippen molar-refractivity contribution >= 4 is 22.6 Å². The highest BCUT2D eigenvalue weighted by Gasteiger charge is 2.34. The molecule has 2 unspecified atom stereocenters. The molecule has 0 amide bonds. The Hall–Kier alpha value is -0.130. The molecule has 2 bridgehead atoms. The summed E-state index contributed by atoms with van der Waals surface area (Å²) in [5.41, 5.74) is 1.45. The third-order valence-electron chi connectivity index (χ3n) is 4.55. The molecule has 0 spiro atoms. The van der Waals surface area contributed by atoms with Gasteiger partial charge in [-0.25, -0.2) is 0 Å². The lowest BCUT2D eigenvalue weighted by atomic mass is 10.1. The Kier molecular flexibility index (Phi) is 3.91. The second-order valence-corrected chi connectivity index (χ2v) is 6.95. The molecule has 2 atom stereocenters. The van der Waals surface area contributed by atoms with Gasteiger partial charge in [0.2, 0.25) is 0 Å². The van der Waals surface area contributed by atoms with E-state index in [9.17, 15) is 0 Å². The molecule has 3 heteroatoms. The molecule has 2 aliphatic rings. The van der Waals surface area contributed by atoms with Gasteiger partial charge in [0.15, 0.2) is 0 Å². The summed E-state index contributed by atoms with van der Waals surface area (Å²) in [5, 5.41) is 0. The number of hydrogen-bond acceptors (Lipinski definition) is 2. The zero-order chi connectivity index (χ0) is 12.5. The first kappa shape index (κ1) is 12.9. The Labute approximate surface area is 123 Å². The van der Waals surface area contributed by atoms with Crippen molar-refractivity contribution < 1.29 is 0 Å². The average molecular weight is 356 g/mol. The molecule has 2 aliphatic heterocycles. The van der Waals surface area contributed by atoms with Crippen LogP contribution in [0.3, 0.4) is 0 Å². The van der Waals surface area contributed by atoms with Gasteiger partial charge in [-0.15, -0.1) is 0 Å². The van der Waals surface area contributed by atoms with Crippen LogP contribution in [0.2, 0.25) is 0 Å². The van der Waals surface area contributed by atoms with Crippen LogP contribution in [0.15, 0.2) is 24.3 Å². The highest BCUT2D eigenvalue weighted by molar-refractivity contribution is 14.1. The van der Waals surface area contributed by atoms with E-state index in [0.29, 0.717) is 0 Å². The Balaban J connectivity index is 1.65. The van der Waals surface area contributed by atoms with Gasteiger partial charge in [-0.05, 0) is 66.6 Å². The van der Waals surface area contributed by atoms with Gasteiger partial charge in [0, 0.05) is 35.3 Å². The number of likely N-dealkylation sites (N-methyl/N-ethyl adjacent to an activating group) is 1. The molecule has 2 nitrogen and oxygen atoms in total. The topological polar surface area (TPSA) is 6.48 Å². The minimum atomic E-state index is 0.793. The first-order chi connectivity index (χ1) is 8.72. The number of benzene rings is 1. The summed E-state index contributed by atoms with van der Waals surface area (Å²) in [4.78, 5) is 5.26. The van der Waals surface area contributed by atoms with Gasteiger partial charge in [-0.3, -0.25) is 9.80 Å². The molecule has 2 fully saturated rings. The van der Waals surface area contributed by atoms with Crippen LogP contribution in [0.4, 0.5) is 0 Å². The van der Waals surface area contributed by atoms with E-state index in [1.807, 2.05) is 0 Å². The van der Waals surface area contributed by atoms with Crippen molar-refractivity contribution in [2.24, 2.45) is 0 Å². The van der Waals surface area contributed by atoms with Crippen LogP contribution in [-0.4, -0.2) is 42.0 Å². The number of fused-ring (bicyclic) bond motifs is 2. The molecule has 0 saturated carbocycles. The third-order valence-corrected chi connectivity index (χ3v) is 5.27. The smallest absolute Gasteiger partial charge is 0.0234 e. The van der Waals surface area contributed by atoms with Crippen molar-refractivity contribution in [1.29, 1.82) is 0 Å². The zero-order valence-electron chi connectivity index (χ0n) is 11.0. The second kappa shape index (κ2) is 5.47.